The molecule has 0 bridgehead atoms. The topological polar surface area (TPSA) is 26.0 Å². The Hall–Kier alpha value is -0.0400. The lowest BCUT2D eigenvalue weighted by atomic mass is 9.69. The van der Waals surface area contributed by atoms with Crippen LogP contribution in [-0.2, 0) is 0 Å². The third kappa shape index (κ3) is 3.98. The van der Waals surface area contributed by atoms with Gasteiger partial charge in [0.25, 0.3) is 0 Å². The van der Waals surface area contributed by atoms with Crippen molar-refractivity contribution in [1.82, 2.24) is 0 Å². The lowest BCUT2D eigenvalue weighted by Gasteiger charge is -2.38. The van der Waals surface area contributed by atoms with E-state index in [0.717, 1.165) is 23.7 Å². The standard InChI is InChI=1S/C17H33N/c1-13-10-14(2)12-16(11-13)17(18)15-8-6-4-3-5-7-9-15/h13-17H,3-12,18H2,1-2H3. The Balaban J connectivity index is 1.89. The Morgan fingerprint density at radius 2 is 1.22 bits per heavy atom. The van der Waals surface area contributed by atoms with Crippen LogP contribution in [-0.4, -0.2) is 6.04 Å². The summed E-state index contributed by atoms with van der Waals surface area (Å²) in [6.45, 7) is 4.85. The second-order valence-corrected chi connectivity index (χ2v) is 7.36. The molecule has 0 saturated heterocycles. The fourth-order valence-corrected chi connectivity index (χ4v) is 4.58. The minimum absolute atomic E-state index is 0.494. The van der Waals surface area contributed by atoms with Gasteiger partial charge in [0.1, 0.15) is 0 Å². The van der Waals surface area contributed by atoms with Crippen molar-refractivity contribution >= 4 is 0 Å². The number of nitrogens with two attached hydrogens (primary N) is 1. The summed E-state index contributed by atoms with van der Waals surface area (Å²) in [6.07, 6.45) is 14.2. The molecule has 0 aromatic carbocycles. The molecule has 0 amide bonds. The van der Waals surface area contributed by atoms with E-state index in [1.807, 2.05) is 0 Å². The molecule has 0 radical (unpaired) electrons. The summed E-state index contributed by atoms with van der Waals surface area (Å²) in [6, 6.07) is 0.494. The van der Waals surface area contributed by atoms with Crippen LogP contribution in [0.3, 0.4) is 0 Å². The molecule has 2 aliphatic rings. The average Bonchev–Trinajstić information content (AvgIpc) is 2.26. The summed E-state index contributed by atoms with van der Waals surface area (Å²) < 4.78 is 0. The van der Waals surface area contributed by atoms with Gasteiger partial charge in [-0.05, 0) is 55.8 Å². The Morgan fingerprint density at radius 3 is 1.78 bits per heavy atom. The van der Waals surface area contributed by atoms with Crippen molar-refractivity contribution in [3.63, 3.8) is 0 Å². The van der Waals surface area contributed by atoms with Gasteiger partial charge in [-0.25, -0.2) is 0 Å². The van der Waals surface area contributed by atoms with Crippen LogP contribution in [0.1, 0.15) is 78.1 Å². The predicted octanol–water partition coefficient (Wildman–Crippen LogP) is 4.75. The van der Waals surface area contributed by atoms with Gasteiger partial charge in [0.2, 0.25) is 0 Å². The highest BCUT2D eigenvalue weighted by Gasteiger charge is 2.32. The van der Waals surface area contributed by atoms with Crippen LogP contribution in [0.2, 0.25) is 0 Å². The van der Waals surface area contributed by atoms with Crippen molar-refractivity contribution in [2.24, 2.45) is 29.4 Å². The third-order valence-electron chi connectivity index (χ3n) is 5.45. The van der Waals surface area contributed by atoms with E-state index in [4.69, 9.17) is 5.73 Å². The van der Waals surface area contributed by atoms with Crippen LogP contribution in [0.4, 0.5) is 0 Å². The van der Waals surface area contributed by atoms with Crippen LogP contribution in [0.25, 0.3) is 0 Å². The van der Waals surface area contributed by atoms with Crippen LogP contribution in [0.15, 0.2) is 0 Å². The Bertz CT molecular complexity index is 220. The molecule has 0 aromatic rings. The molecule has 106 valence electrons. The number of hydrogen-bond donors (Lipinski definition) is 1. The largest absolute Gasteiger partial charge is 0.327 e. The number of rotatable bonds is 2. The van der Waals surface area contributed by atoms with Crippen molar-refractivity contribution in [2.45, 2.75) is 84.1 Å². The van der Waals surface area contributed by atoms with Gasteiger partial charge in [0, 0.05) is 6.04 Å². The van der Waals surface area contributed by atoms with Gasteiger partial charge in [-0.15, -0.1) is 0 Å². The van der Waals surface area contributed by atoms with E-state index in [0.29, 0.717) is 6.04 Å². The maximum absolute atomic E-state index is 6.67. The maximum Gasteiger partial charge on any atom is 0.00958 e. The van der Waals surface area contributed by atoms with Gasteiger partial charge in [-0.3, -0.25) is 0 Å². The molecule has 2 rings (SSSR count). The van der Waals surface area contributed by atoms with Crippen molar-refractivity contribution in [3.05, 3.63) is 0 Å². The van der Waals surface area contributed by atoms with E-state index < -0.39 is 0 Å². The molecule has 3 unspecified atom stereocenters. The van der Waals surface area contributed by atoms with Gasteiger partial charge in [-0.1, -0.05) is 46.0 Å². The van der Waals surface area contributed by atoms with E-state index in [1.165, 1.54) is 64.2 Å². The smallest absolute Gasteiger partial charge is 0.00958 e. The van der Waals surface area contributed by atoms with Gasteiger partial charge in [0.05, 0.1) is 0 Å². The van der Waals surface area contributed by atoms with E-state index in [2.05, 4.69) is 13.8 Å². The monoisotopic (exact) mass is 251 g/mol. The summed E-state index contributed by atoms with van der Waals surface area (Å²) in [4.78, 5) is 0. The molecule has 1 heteroatoms. The molecule has 2 saturated carbocycles. The zero-order valence-corrected chi connectivity index (χ0v) is 12.5. The lowest BCUT2D eigenvalue weighted by molar-refractivity contribution is 0.152. The highest BCUT2D eigenvalue weighted by Crippen LogP contribution is 2.38. The summed E-state index contributed by atoms with van der Waals surface area (Å²) in [5.41, 5.74) is 6.67. The third-order valence-corrected chi connectivity index (χ3v) is 5.45. The van der Waals surface area contributed by atoms with E-state index >= 15 is 0 Å². The van der Waals surface area contributed by atoms with Gasteiger partial charge in [-0.2, -0.15) is 0 Å². The molecule has 3 atom stereocenters. The molecule has 2 fully saturated rings. The quantitative estimate of drug-likeness (QED) is 0.753. The van der Waals surface area contributed by atoms with E-state index in [-0.39, 0.29) is 0 Å². The first-order valence-corrected chi connectivity index (χ1v) is 8.42. The normalized spacial score (nSPS) is 37.8. The first-order chi connectivity index (χ1) is 8.66. The highest BCUT2D eigenvalue weighted by molar-refractivity contribution is 4.86. The molecule has 0 aromatic heterocycles. The summed E-state index contributed by atoms with van der Waals surface area (Å²) in [5.74, 6) is 3.44. The van der Waals surface area contributed by atoms with Crippen molar-refractivity contribution in [1.29, 1.82) is 0 Å². The molecule has 0 heterocycles. The Morgan fingerprint density at radius 1 is 0.722 bits per heavy atom. The molecule has 2 N–H and O–H groups in total. The van der Waals surface area contributed by atoms with Gasteiger partial charge < -0.3 is 5.73 Å². The lowest BCUT2D eigenvalue weighted by Crippen LogP contribution is -2.41. The Labute approximate surface area is 114 Å². The van der Waals surface area contributed by atoms with Gasteiger partial charge >= 0.3 is 0 Å². The van der Waals surface area contributed by atoms with Crippen molar-refractivity contribution in [3.8, 4) is 0 Å². The van der Waals surface area contributed by atoms with Crippen LogP contribution in [0, 0.1) is 23.7 Å². The van der Waals surface area contributed by atoms with E-state index in [9.17, 15) is 0 Å². The van der Waals surface area contributed by atoms with Gasteiger partial charge in [0.15, 0.2) is 0 Å². The molecule has 0 aliphatic heterocycles. The zero-order chi connectivity index (χ0) is 13.0. The summed E-state index contributed by atoms with van der Waals surface area (Å²) in [5, 5.41) is 0. The first-order valence-electron chi connectivity index (χ1n) is 8.42. The average molecular weight is 251 g/mol. The fraction of sp³-hybridized carbons (Fsp3) is 1.00. The SMILES string of the molecule is CC1CC(C)CC(C(N)C2CCCCCCC2)C1. The van der Waals surface area contributed by atoms with Crippen LogP contribution >= 0.6 is 0 Å². The predicted molar refractivity (Wildman–Crippen MR) is 79.5 cm³/mol. The highest BCUT2D eigenvalue weighted by atomic mass is 14.7. The second-order valence-electron chi connectivity index (χ2n) is 7.36. The zero-order valence-electron chi connectivity index (χ0n) is 12.5. The molecule has 18 heavy (non-hydrogen) atoms. The van der Waals surface area contributed by atoms with Crippen molar-refractivity contribution < 1.29 is 0 Å². The van der Waals surface area contributed by atoms with Crippen molar-refractivity contribution in [2.75, 3.05) is 0 Å². The maximum atomic E-state index is 6.67. The molecule has 1 nitrogen and oxygen atoms in total. The summed E-state index contributed by atoms with van der Waals surface area (Å²) in [7, 11) is 0. The summed E-state index contributed by atoms with van der Waals surface area (Å²) >= 11 is 0. The minimum atomic E-state index is 0.494. The molecular weight excluding hydrogens is 218 g/mol. The first kappa shape index (κ1) is 14.4. The second kappa shape index (κ2) is 6.93. The molecule has 0 spiro atoms. The number of hydrogen-bond acceptors (Lipinski definition) is 1. The molecule has 2 aliphatic carbocycles. The van der Waals surface area contributed by atoms with E-state index in [1.54, 1.807) is 0 Å². The minimum Gasteiger partial charge on any atom is -0.327 e. The van der Waals surface area contributed by atoms with Crippen LogP contribution in [0.5, 0.6) is 0 Å². The Kier molecular flexibility index (Phi) is 5.54. The van der Waals surface area contributed by atoms with Crippen LogP contribution < -0.4 is 5.73 Å². The molecular formula is C17H33N. The fourth-order valence-electron chi connectivity index (χ4n) is 4.58.